The summed E-state index contributed by atoms with van der Waals surface area (Å²) in [5.41, 5.74) is -0.0334. The lowest BCUT2D eigenvalue weighted by Gasteiger charge is -2.12. The molecule has 1 aromatic rings. The number of carboxylic acids is 1. The lowest BCUT2D eigenvalue weighted by Crippen LogP contribution is -2.19. The Hall–Kier alpha value is -1.36. The molecule has 1 aromatic heterocycles. The van der Waals surface area contributed by atoms with Crippen molar-refractivity contribution in [3.05, 3.63) is 17.8 Å². The molecule has 0 saturated carbocycles. The lowest BCUT2D eigenvalue weighted by atomic mass is 10.3. The summed E-state index contributed by atoms with van der Waals surface area (Å²) in [5, 5.41) is 8.64. The number of unbranched alkanes of at least 4 members (excludes halogenated alkanes) is 1. The molecule has 1 heterocycles. The second kappa shape index (κ2) is 5.50. The highest BCUT2D eigenvalue weighted by molar-refractivity contribution is 5.84. The van der Waals surface area contributed by atoms with Crippen LogP contribution in [-0.2, 0) is 6.54 Å². The second-order valence-corrected chi connectivity index (χ2v) is 3.52. The van der Waals surface area contributed by atoms with E-state index in [1.165, 1.54) is 6.26 Å². The predicted molar refractivity (Wildman–Crippen MR) is 54.7 cm³/mol. The van der Waals surface area contributed by atoms with Crippen LogP contribution < -0.4 is 0 Å². The SMILES string of the molecule is CCCCN(C)Cc1nc(C(=O)O)co1. The minimum Gasteiger partial charge on any atom is -0.476 e. The molecular formula is C10H16N2O3. The minimum atomic E-state index is -1.05. The van der Waals surface area contributed by atoms with Crippen LogP contribution in [-0.4, -0.2) is 34.6 Å². The van der Waals surface area contributed by atoms with Crippen molar-refractivity contribution in [2.24, 2.45) is 0 Å². The van der Waals surface area contributed by atoms with Crippen LogP contribution in [0.5, 0.6) is 0 Å². The van der Waals surface area contributed by atoms with Crippen molar-refractivity contribution < 1.29 is 14.3 Å². The fourth-order valence-corrected chi connectivity index (χ4v) is 1.22. The van der Waals surface area contributed by atoms with Crippen molar-refractivity contribution in [3.8, 4) is 0 Å². The van der Waals surface area contributed by atoms with Gasteiger partial charge in [-0.15, -0.1) is 0 Å². The summed E-state index contributed by atoms with van der Waals surface area (Å²) in [6.07, 6.45) is 3.42. The van der Waals surface area contributed by atoms with Gasteiger partial charge in [-0.2, -0.15) is 0 Å². The zero-order chi connectivity index (χ0) is 11.3. The Balaban J connectivity index is 2.46. The Bertz CT molecular complexity index is 322. The van der Waals surface area contributed by atoms with Gasteiger partial charge in [-0.3, -0.25) is 4.90 Å². The summed E-state index contributed by atoms with van der Waals surface area (Å²) in [7, 11) is 1.96. The van der Waals surface area contributed by atoms with Gasteiger partial charge in [0.25, 0.3) is 0 Å². The number of aromatic nitrogens is 1. The molecule has 1 rings (SSSR count). The maximum absolute atomic E-state index is 10.5. The van der Waals surface area contributed by atoms with Crippen LogP contribution in [0.15, 0.2) is 10.7 Å². The maximum Gasteiger partial charge on any atom is 0.357 e. The molecule has 15 heavy (non-hydrogen) atoms. The quantitative estimate of drug-likeness (QED) is 0.775. The van der Waals surface area contributed by atoms with Crippen LogP contribution in [0, 0.1) is 0 Å². The zero-order valence-electron chi connectivity index (χ0n) is 9.06. The van der Waals surface area contributed by atoms with Gasteiger partial charge in [0, 0.05) is 0 Å². The molecule has 0 fully saturated rings. The molecule has 0 aromatic carbocycles. The number of hydrogen-bond donors (Lipinski definition) is 1. The summed E-state index contributed by atoms with van der Waals surface area (Å²) in [6, 6.07) is 0. The number of carbonyl (C=O) groups is 1. The zero-order valence-corrected chi connectivity index (χ0v) is 9.06. The monoisotopic (exact) mass is 212 g/mol. The summed E-state index contributed by atoms with van der Waals surface area (Å²) in [4.78, 5) is 16.4. The van der Waals surface area contributed by atoms with E-state index < -0.39 is 5.97 Å². The molecule has 0 aliphatic heterocycles. The first-order valence-electron chi connectivity index (χ1n) is 4.99. The first-order chi connectivity index (χ1) is 7.13. The van der Waals surface area contributed by atoms with Crippen molar-refractivity contribution in [2.75, 3.05) is 13.6 Å². The molecule has 0 unspecified atom stereocenters. The van der Waals surface area contributed by atoms with E-state index in [9.17, 15) is 4.79 Å². The smallest absolute Gasteiger partial charge is 0.357 e. The van der Waals surface area contributed by atoms with Crippen LogP contribution in [0.25, 0.3) is 0 Å². The highest BCUT2D eigenvalue weighted by Gasteiger charge is 2.11. The molecule has 0 radical (unpaired) electrons. The number of oxazole rings is 1. The minimum absolute atomic E-state index is 0.0334. The normalized spacial score (nSPS) is 10.9. The molecule has 0 atom stereocenters. The molecule has 0 aliphatic carbocycles. The number of carboxylic acid groups (broad SMARTS) is 1. The van der Waals surface area contributed by atoms with E-state index in [1.807, 2.05) is 7.05 Å². The van der Waals surface area contributed by atoms with Gasteiger partial charge < -0.3 is 9.52 Å². The van der Waals surface area contributed by atoms with Gasteiger partial charge in [0.05, 0.1) is 6.54 Å². The fraction of sp³-hybridized carbons (Fsp3) is 0.600. The largest absolute Gasteiger partial charge is 0.476 e. The van der Waals surface area contributed by atoms with Crippen LogP contribution >= 0.6 is 0 Å². The standard InChI is InChI=1S/C10H16N2O3/c1-3-4-5-12(2)6-9-11-8(7-15-9)10(13)14/h7H,3-6H2,1-2H3,(H,13,14). The highest BCUT2D eigenvalue weighted by Crippen LogP contribution is 2.05. The van der Waals surface area contributed by atoms with Gasteiger partial charge in [-0.05, 0) is 20.0 Å². The molecule has 84 valence electrons. The molecule has 0 spiro atoms. The number of hydrogen-bond acceptors (Lipinski definition) is 4. The van der Waals surface area contributed by atoms with Crippen molar-refractivity contribution in [2.45, 2.75) is 26.3 Å². The average molecular weight is 212 g/mol. The number of aromatic carboxylic acids is 1. The third kappa shape index (κ3) is 3.71. The summed E-state index contributed by atoms with van der Waals surface area (Å²) in [5.74, 6) is -0.604. The first kappa shape index (κ1) is 11.7. The summed E-state index contributed by atoms with van der Waals surface area (Å²) in [6.45, 7) is 3.63. The Morgan fingerprint density at radius 2 is 2.40 bits per heavy atom. The Morgan fingerprint density at radius 1 is 1.67 bits per heavy atom. The molecule has 0 amide bonds. The number of rotatable bonds is 6. The third-order valence-electron chi connectivity index (χ3n) is 2.07. The van der Waals surface area contributed by atoms with Gasteiger partial charge in [0.15, 0.2) is 5.69 Å². The van der Waals surface area contributed by atoms with E-state index in [2.05, 4.69) is 16.8 Å². The van der Waals surface area contributed by atoms with E-state index in [-0.39, 0.29) is 5.69 Å². The Labute approximate surface area is 88.7 Å². The third-order valence-corrected chi connectivity index (χ3v) is 2.07. The predicted octanol–water partition coefficient (Wildman–Crippen LogP) is 1.60. The lowest BCUT2D eigenvalue weighted by molar-refractivity contribution is 0.0690. The van der Waals surface area contributed by atoms with Crippen molar-refractivity contribution in [1.82, 2.24) is 9.88 Å². The Kier molecular flexibility index (Phi) is 4.30. The van der Waals surface area contributed by atoms with Crippen molar-refractivity contribution >= 4 is 5.97 Å². The first-order valence-corrected chi connectivity index (χ1v) is 4.99. The summed E-state index contributed by atoms with van der Waals surface area (Å²) < 4.78 is 5.04. The molecule has 0 saturated heterocycles. The van der Waals surface area contributed by atoms with Gasteiger partial charge in [-0.1, -0.05) is 13.3 Å². The van der Waals surface area contributed by atoms with Crippen LogP contribution in [0.3, 0.4) is 0 Å². The Morgan fingerprint density at radius 3 is 2.93 bits per heavy atom. The average Bonchev–Trinajstić information content (AvgIpc) is 2.63. The van der Waals surface area contributed by atoms with E-state index in [4.69, 9.17) is 9.52 Å². The fourth-order valence-electron chi connectivity index (χ4n) is 1.22. The molecule has 1 N–H and O–H groups in total. The van der Waals surface area contributed by atoms with Gasteiger partial charge in [0.1, 0.15) is 6.26 Å². The second-order valence-electron chi connectivity index (χ2n) is 3.52. The topological polar surface area (TPSA) is 66.6 Å². The highest BCUT2D eigenvalue weighted by atomic mass is 16.4. The van der Waals surface area contributed by atoms with E-state index >= 15 is 0 Å². The van der Waals surface area contributed by atoms with E-state index in [1.54, 1.807) is 0 Å². The molecule has 5 heteroatoms. The van der Waals surface area contributed by atoms with E-state index in [0.29, 0.717) is 12.4 Å². The number of nitrogens with zero attached hydrogens (tertiary/aromatic N) is 2. The molecular weight excluding hydrogens is 196 g/mol. The van der Waals surface area contributed by atoms with Gasteiger partial charge in [0.2, 0.25) is 5.89 Å². The molecule has 0 aliphatic rings. The maximum atomic E-state index is 10.5. The van der Waals surface area contributed by atoms with Crippen LogP contribution in [0.4, 0.5) is 0 Å². The van der Waals surface area contributed by atoms with Crippen molar-refractivity contribution in [3.63, 3.8) is 0 Å². The van der Waals surface area contributed by atoms with Gasteiger partial charge in [-0.25, -0.2) is 9.78 Å². The van der Waals surface area contributed by atoms with Crippen molar-refractivity contribution in [1.29, 1.82) is 0 Å². The van der Waals surface area contributed by atoms with Gasteiger partial charge >= 0.3 is 5.97 Å². The molecule has 5 nitrogen and oxygen atoms in total. The summed E-state index contributed by atoms with van der Waals surface area (Å²) >= 11 is 0. The molecule has 0 bridgehead atoms. The van der Waals surface area contributed by atoms with Crippen LogP contribution in [0.2, 0.25) is 0 Å². The van der Waals surface area contributed by atoms with Crippen LogP contribution in [0.1, 0.15) is 36.1 Å². The van der Waals surface area contributed by atoms with E-state index in [0.717, 1.165) is 19.4 Å².